The number of piperidine rings is 1. The third-order valence-corrected chi connectivity index (χ3v) is 8.97. The monoisotopic (exact) mass is 580 g/mol. The van der Waals surface area contributed by atoms with Gasteiger partial charge in [0, 0.05) is 50.2 Å². The summed E-state index contributed by atoms with van der Waals surface area (Å²) in [5.74, 6) is -1.34. The molecule has 1 spiro atoms. The van der Waals surface area contributed by atoms with E-state index in [1.165, 1.54) is 11.0 Å². The second kappa shape index (κ2) is 10.8. The number of methoxy groups -OCH3 is 1. The molecule has 0 aliphatic carbocycles. The van der Waals surface area contributed by atoms with Crippen LogP contribution >= 0.6 is 0 Å². The van der Waals surface area contributed by atoms with E-state index in [1.807, 2.05) is 30.5 Å². The highest BCUT2D eigenvalue weighted by Gasteiger charge is 2.47. The maximum absolute atomic E-state index is 14.9. The lowest BCUT2D eigenvalue weighted by Crippen LogP contribution is -2.52. The molecular formula is C30H34F2N6O4. The molecule has 0 bridgehead atoms. The number of benzene rings is 1. The summed E-state index contributed by atoms with van der Waals surface area (Å²) in [7, 11) is 1.57. The van der Waals surface area contributed by atoms with Gasteiger partial charge in [-0.3, -0.25) is 14.5 Å². The van der Waals surface area contributed by atoms with Crippen molar-refractivity contribution < 1.29 is 27.8 Å². The molecule has 12 heteroatoms. The maximum Gasteiger partial charge on any atom is 0.232 e. The van der Waals surface area contributed by atoms with Crippen LogP contribution in [0.3, 0.4) is 0 Å². The van der Waals surface area contributed by atoms with Gasteiger partial charge in [-0.15, -0.1) is 10.2 Å². The van der Waals surface area contributed by atoms with Crippen molar-refractivity contribution >= 4 is 17.6 Å². The fraction of sp³-hybridized carbons (Fsp3) is 0.500. The minimum atomic E-state index is -0.901. The zero-order valence-corrected chi connectivity index (χ0v) is 23.9. The van der Waals surface area contributed by atoms with E-state index in [2.05, 4.69) is 20.5 Å². The van der Waals surface area contributed by atoms with E-state index >= 15 is 0 Å². The molecule has 42 heavy (non-hydrogen) atoms. The number of pyridine rings is 1. The minimum Gasteiger partial charge on any atom is -0.371 e. The Kier molecular flexibility index (Phi) is 7.30. The van der Waals surface area contributed by atoms with E-state index in [0.29, 0.717) is 43.3 Å². The molecule has 222 valence electrons. The van der Waals surface area contributed by atoms with Crippen molar-refractivity contribution in [3.8, 4) is 0 Å². The number of hydrogen-bond acceptors (Lipinski definition) is 8. The van der Waals surface area contributed by atoms with Gasteiger partial charge in [-0.05, 0) is 50.8 Å². The predicted octanol–water partition coefficient (Wildman–Crippen LogP) is 4.33. The van der Waals surface area contributed by atoms with Crippen LogP contribution in [0.2, 0.25) is 0 Å². The van der Waals surface area contributed by atoms with Crippen LogP contribution in [0.25, 0.3) is 0 Å². The maximum atomic E-state index is 14.9. The van der Waals surface area contributed by atoms with Crippen LogP contribution < -0.4 is 5.32 Å². The lowest BCUT2D eigenvalue weighted by Gasteiger charge is -2.43. The van der Waals surface area contributed by atoms with Crippen molar-refractivity contribution in [2.24, 2.45) is 0 Å². The third-order valence-electron chi connectivity index (χ3n) is 8.97. The first kappa shape index (κ1) is 28.4. The molecule has 2 amide bonds. The van der Waals surface area contributed by atoms with Gasteiger partial charge in [0.1, 0.15) is 29.6 Å². The normalized spacial score (nSPS) is 24.1. The Morgan fingerprint density at radius 2 is 2.05 bits per heavy atom. The van der Waals surface area contributed by atoms with Crippen LogP contribution in [0.15, 0.2) is 36.5 Å². The van der Waals surface area contributed by atoms with E-state index < -0.39 is 22.8 Å². The molecule has 1 N–H and O–H groups in total. The van der Waals surface area contributed by atoms with Crippen LogP contribution in [0.5, 0.6) is 0 Å². The zero-order valence-electron chi connectivity index (χ0n) is 23.9. The van der Waals surface area contributed by atoms with Crippen LogP contribution in [-0.4, -0.2) is 56.8 Å². The molecule has 5 heterocycles. The number of imide groups is 1. The second-order valence-corrected chi connectivity index (χ2v) is 11.8. The molecule has 1 aromatic carbocycles. The molecule has 1 unspecified atom stereocenters. The third kappa shape index (κ3) is 4.86. The first-order valence-corrected chi connectivity index (χ1v) is 14.2. The van der Waals surface area contributed by atoms with Gasteiger partial charge in [-0.1, -0.05) is 18.2 Å². The number of likely N-dealkylation sites (tertiary alicyclic amines) is 1. The lowest BCUT2D eigenvalue weighted by molar-refractivity contribution is -0.159. The van der Waals surface area contributed by atoms with Crippen molar-refractivity contribution in [1.82, 2.24) is 24.6 Å². The van der Waals surface area contributed by atoms with Gasteiger partial charge in [-0.25, -0.2) is 13.8 Å². The number of amides is 2. The van der Waals surface area contributed by atoms with Crippen LogP contribution in [0.1, 0.15) is 80.6 Å². The van der Waals surface area contributed by atoms with Crippen molar-refractivity contribution in [3.05, 3.63) is 70.9 Å². The Hall–Kier alpha value is -3.77. The largest absolute Gasteiger partial charge is 0.371 e. The zero-order chi connectivity index (χ0) is 29.6. The Morgan fingerprint density at radius 3 is 2.83 bits per heavy atom. The Morgan fingerprint density at radius 1 is 1.21 bits per heavy atom. The number of hydrogen-bond donors (Lipinski definition) is 1. The van der Waals surface area contributed by atoms with Crippen LogP contribution in [0, 0.1) is 11.6 Å². The first-order chi connectivity index (χ1) is 20.1. The quantitative estimate of drug-likeness (QED) is 0.475. The number of aromatic nitrogens is 4. The number of halogens is 2. The summed E-state index contributed by atoms with van der Waals surface area (Å²) in [6.07, 6.45) is 3.19. The minimum absolute atomic E-state index is 0.0309. The lowest BCUT2D eigenvalue weighted by atomic mass is 9.82. The smallest absolute Gasteiger partial charge is 0.232 e. The molecule has 0 saturated carbocycles. The number of carbonyl (C=O) groups excluding carboxylic acids is 2. The highest BCUT2D eigenvalue weighted by atomic mass is 19.2. The molecule has 3 aliphatic rings. The summed E-state index contributed by atoms with van der Waals surface area (Å²) in [4.78, 5) is 32.8. The van der Waals surface area contributed by atoms with Crippen LogP contribution in [0.4, 0.5) is 14.6 Å². The average Bonchev–Trinajstić information content (AvgIpc) is 3.33. The molecular weight excluding hydrogens is 546 g/mol. The average molecular weight is 581 g/mol. The fourth-order valence-corrected chi connectivity index (χ4v) is 6.48. The number of ether oxygens (including phenoxy) is 2. The molecule has 1 saturated heterocycles. The topological polar surface area (TPSA) is 111 Å². The molecule has 3 aromatic rings. The van der Waals surface area contributed by atoms with Crippen LogP contribution in [-0.2, 0) is 36.8 Å². The van der Waals surface area contributed by atoms with E-state index in [-0.39, 0.29) is 55.3 Å². The van der Waals surface area contributed by atoms with Crippen molar-refractivity contribution in [2.75, 3.05) is 25.7 Å². The highest BCUT2D eigenvalue weighted by molar-refractivity contribution is 5.96. The van der Waals surface area contributed by atoms with Gasteiger partial charge < -0.3 is 19.4 Å². The van der Waals surface area contributed by atoms with Gasteiger partial charge >= 0.3 is 0 Å². The number of carbonyl (C=O) groups is 2. The van der Waals surface area contributed by atoms with Crippen molar-refractivity contribution in [3.63, 3.8) is 0 Å². The fourth-order valence-electron chi connectivity index (χ4n) is 6.48. The molecule has 0 radical (unpaired) electrons. The molecule has 1 fully saturated rings. The second-order valence-electron chi connectivity index (χ2n) is 11.8. The van der Waals surface area contributed by atoms with Gasteiger partial charge in [0.05, 0.1) is 6.42 Å². The van der Waals surface area contributed by atoms with Crippen molar-refractivity contribution in [1.29, 1.82) is 0 Å². The molecule has 10 nitrogen and oxygen atoms in total. The van der Waals surface area contributed by atoms with Gasteiger partial charge in [-0.2, -0.15) is 0 Å². The number of anilines is 1. The summed E-state index contributed by atoms with van der Waals surface area (Å²) >= 11 is 0. The molecule has 6 rings (SSSR count). The Balaban J connectivity index is 1.25. The standard InChI is InChI=1S/C30H34F2N6O4/c1-29(2,41-3)28-36-35-27-18(9-10-19(16-38(27)28)20-6-4-8-22(31)25(20)32)14-23(39)37-13-11-30(15-24(37)40)21-7-5-12-33-26(21)34-17-42-30/h4-8,12,18-19H,9-11,13-17H2,1-3H3,(H,33,34)/t18-,19+,30?/m0/s1. The van der Waals surface area contributed by atoms with Gasteiger partial charge in [0.15, 0.2) is 17.5 Å². The predicted molar refractivity (Wildman–Crippen MR) is 147 cm³/mol. The Bertz CT molecular complexity index is 1530. The summed E-state index contributed by atoms with van der Waals surface area (Å²) in [5, 5.41) is 12.0. The Labute approximate surface area is 242 Å². The highest BCUT2D eigenvalue weighted by Crippen LogP contribution is 2.43. The van der Waals surface area contributed by atoms with E-state index in [1.54, 1.807) is 19.4 Å². The summed E-state index contributed by atoms with van der Waals surface area (Å²) in [6, 6.07) is 7.91. The molecule has 2 aromatic heterocycles. The summed E-state index contributed by atoms with van der Waals surface area (Å²) in [6.45, 7) is 4.46. The summed E-state index contributed by atoms with van der Waals surface area (Å²) in [5.41, 5.74) is -0.547. The number of rotatable bonds is 5. The van der Waals surface area contributed by atoms with Gasteiger partial charge in [0.2, 0.25) is 11.8 Å². The van der Waals surface area contributed by atoms with Gasteiger partial charge in [0.25, 0.3) is 0 Å². The number of fused-ring (bicyclic) bond motifs is 3. The molecule has 3 aliphatic heterocycles. The summed E-state index contributed by atoms with van der Waals surface area (Å²) < 4.78 is 42.7. The van der Waals surface area contributed by atoms with E-state index in [0.717, 1.165) is 11.6 Å². The van der Waals surface area contributed by atoms with E-state index in [4.69, 9.17) is 9.47 Å². The SMILES string of the molecule is COC(C)(C)c1nnc2n1C[C@H](c1cccc(F)c1F)CC[C@H]2CC(=O)N1CCC2(CC1=O)OCNc1ncccc12. The number of nitrogens with zero attached hydrogens (tertiary/aromatic N) is 5. The number of nitrogens with one attached hydrogen (secondary N) is 1. The first-order valence-electron chi connectivity index (χ1n) is 14.2. The van der Waals surface area contributed by atoms with E-state index in [9.17, 15) is 18.4 Å². The molecule has 3 atom stereocenters. The van der Waals surface area contributed by atoms with Crippen molar-refractivity contribution in [2.45, 2.75) is 75.5 Å².